The van der Waals surface area contributed by atoms with Gasteiger partial charge < -0.3 is 15.2 Å². The standard InChI is InChI=1S/C28H23N3O4/c29-17-18-7-8-19(4-3-6-26(32)33)24(14-18)31-27(34)22-16-28(22)11-13-35-25-10-9-20(15-21(25)28)23-5-1-2-12-30-23/h1-3,5-10,12,14-15,22H,4,11,13,16H2,(H,31,34)(H,32,33)/t22-,28-/m0/s1. The molecule has 5 rings (SSSR count). The van der Waals surface area contributed by atoms with Crippen LogP contribution >= 0.6 is 0 Å². The molecule has 35 heavy (non-hydrogen) atoms. The zero-order chi connectivity index (χ0) is 24.4. The van der Waals surface area contributed by atoms with E-state index < -0.39 is 5.97 Å². The Morgan fingerprint density at radius 3 is 2.89 bits per heavy atom. The minimum absolute atomic E-state index is 0.111. The van der Waals surface area contributed by atoms with Gasteiger partial charge in [0.15, 0.2) is 0 Å². The first-order chi connectivity index (χ1) is 17.0. The number of allylic oxidation sites excluding steroid dienone is 1. The first-order valence-electron chi connectivity index (χ1n) is 11.4. The van der Waals surface area contributed by atoms with Crippen molar-refractivity contribution in [1.82, 2.24) is 4.98 Å². The second-order valence-electron chi connectivity index (χ2n) is 8.85. The van der Waals surface area contributed by atoms with E-state index in [1.165, 1.54) is 6.08 Å². The third kappa shape index (κ3) is 4.38. The summed E-state index contributed by atoms with van der Waals surface area (Å²) in [6.07, 6.45) is 6.13. The molecule has 0 bridgehead atoms. The molecule has 1 aliphatic heterocycles. The molecule has 3 aromatic rings. The fourth-order valence-corrected chi connectivity index (χ4v) is 4.89. The van der Waals surface area contributed by atoms with Crippen LogP contribution in [0.5, 0.6) is 5.75 Å². The molecular weight excluding hydrogens is 442 g/mol. The Morgan fingerprint density at radius 1 is 1.23 bits per heavy atom. The Morgan fingerprint density at radius 2 is 2.11 bits per heavy atom. The summed E-state index contributed by atoms with van der Waals surface area (Å²) >= 11 is 0. The van der Waals surface area contributed by atoms with Crippen molar-refractivity contribution < 1.29 is 19.4 Å². The van der Waals surface area contributed by atoms with Crippen LogP contribution in [0.4, 0.5) is 5.69 Å². The minimum atomic E-state index is -1.03. The number of amides is 1. The van der Waals surface area contributed by atoms with E-state index >= 15 is 0 Å². The zero-order valence-corrected chi connectivity index (χ0v) is 18.9. The van der Waals surface area contributed by atoms with Crippen LogP contribution < -0.4 is 10.1 Å². The largest absolute Gasteiger partial charge is 0.493 e. The van der Waals surface area contributed by atoms with Gasteiger partial charge in [-0.05, 0) is 67.3 Å². The van der Waals surface area contributed by atoms with Gasteiger partial charge in [-0.3, -0.25) is 9.78 Å². The third-order valence-corrected chi connectivity index (χ3v) is 6.77. The van der Waals surface area contributed by atoms with Crippen LogP contribution in [0.25, 0.3) is 11.3 Å². The van der Waals surface area contributed by atoms with Gasteiger partial charge in [0.1, 0.15) is 5.75 Å². The third-order valence-electron chi connectivity index (χ3n) is 6.77. The van der Waals surface area contributed by atoms with E-state index in [1.54, 1.807) is 24.4 Å². The number of pyridine rings is 1. The van der Waals surface area contributed by atoms with Crippen LogP contribution in [0.15, 0.2) is 72.9 Å². The monoisotopic (exact) mass is 465 g/mol. The number of nitrogens with zero attached hydrogens (tertiary/aromatic N) is 2. The quantitative estimate of drug-likeness (QED) is 0.519. The van der Waals surface area contributed by atoms with E-state index in [1.807, 2.05) is 30.3 Å². The van der Waals surface area contributed by atoms with Crippen molar-refractivity contribution in [1.29, 1.82) is 5.26 Å². The number of rotatable bonds is 6. The summed E-state index contributed by atoms with van der Waals surface area (Å²) in [6.45, 7) is 0.550. The molecule has 0 saturated heterocycles. The fourth-order valence-electron chi connectivity index (χ4n) is 4.89. The Hall–Kier alpha value is -4.44. The summed E-state index contributed by atoms with van der Waals surface area (Å²) in [5.74, 6) is -0.568. The van der Waals surface area contributed by atoms with Crippen LogP contribution in [0.1, 0.15) is 29.5 Å². The smallest absolute Gasteiger partial charge is 0.327 e. The van der Waals surface area contributed by atoms with E-state index in [0.717, 1.165) is 40.6 Å². The lowest BCUT2D eigenvalue weighted by molar-refractivity contribution is -0.131. The SMILES string of the molecule is N#Cc1ccc(CC=CC(=O)O)c(NC(=O)[C@@H]2C[C@]23CCOc2ccc(-c4ccccn4)cc23)c1. The average Bonchev–Trinajstić information content (AvgIpc) is 3.60. The Bertz CT molecular complexity index is 1380. The number of benzene rings is 2. The summed E-state index contributed by atoms with van der Waals surface area (Å²) in [4.78, 5) is 28.7. The number of nitrogens with one attached hydrogen (secondary N) is 1. The van der Waals surface area contributed by atoms with Gasteiger partial charge in [-0.25, -0.2) is 4.79 Å². The molecule has 2 N–H and O–H groups in total. The normalized spacial score (nSPS) is 20.0. The number of carbonyl (C=O) groups excluding carboxylic acids is 1. The number of carboxylic acids is 1. The number of aromatic nitrogens is 1. The molecule has 7 nitrogen and oxygen atoms in total. The molecule has 2 aliphatic rings. The molecule has 2 aromatic carbocycles. The maximum absolute atomic E-state index is 13.4. The lowest BCUT2D eigenvalue weighted by Crippen LogP contribution is -2.27. The van der Waals surface area contributed by atoms with E-state index in [9.17, 15) is 14.9 Å². The maximum atomic E-state index is 13.4. The summed E-state index contributed by atoms with van der Waals surface area (Å²) in [7, 11) is 0. The molecule has 2 atom stereocenters. The highest BCUT2D eigenvalue weighted by atomic mass is 16.5. The van der Waals surface area contributed by atoms with Crippen molar-refractivity contribution in [3.05, 3.63) is 89.6 Å². The predicted octanol–water partition coefficient (Wildman–Crippen LogP) is 4.48. The second-order valence-corrected chi connectivity index (χ2v) is 8.85. The highest BCUT2D eigenvalue weighted by molar-refractivity contribution is 5.97. The fraction of sp³-hybridized carbons (Fsp3) is 0.214. The van der Waals surface area contributed by atoms with E-state index in [4.69, 9.17) is 9.84 Å². The van der Waals surface area contributed by atoms with Gasteiger partial charge in [0.25, 0.3) is 0 Å². The highest BCUT2D eigenvalue weighted by Gasteiger charge is 2.61. The Kier molecular flexibility index (Phi) is 5.79. The van der Waals surface area contributed by atoms with Gasteiger partial charge in [0, 0.05) is 40.4 Å². The van der Waals surface area contributed by atoms with E-state index in [-0.39, 0.29) is 17.2 Å². The van der Waals surface area contributed by atoms with Gasteiger partial charge in [0.2, 0.25) is 5.91 Å². The number of hydrogen-bond acceptors (Lipinski definition) is 5. The Balaban J connectivity index is 1.41. The number of nitriles is 1. The number of hydrogen-bond donors (Lipinski definition) is 2. The molecule has 1 spiro atoms. The molecule has 1 fully saturated rings. The molecule has 0 unspecified atom stereocenters. The topological polar surface area (TPSA) is 112 Å². The van der Waals surface area contributed by atoms with Crippen LogP contribution in [-0.2, 0) is 21.4 Å². The summed E-state index contributed by atoms with van der Waals surface area (Å²) in [6, 6.07) is 18.9. The number of fused-ring (bicyclic) bond motifs is 2. The van der Waals surface area contributed by atoms with E-state index in [0.29, 0.717) is 30.7 Å². The molecule has 1 aliphatic carbocycles. The predicted molar refractivity (Wildman–Crippen MR) is 130 cm³/mol. The van der Waals surface area contributed by atoms with Crippen molar-refractivity contribution in [2.75, 3.05) is 11.9 Å². The molecule has 2 heterocycles. The number of aliphatic carboxylic acids is 1. The Labute approximate surface area is 202 Å². The van der Waals surface area contributed by atoms with Gasteiger partial charge in [-0.15, -0.1) is 0 Å². The summed E-state index contributed by atoms with van der Waals surface area (Å²) in [5.41, 5.74) is 4.28. The number of carbonyl (C=O) groups is 2. The van der Waals surface area contributed by atoms with Gasteiger partial charge in [-0.1, -0.05) is 18.2 Å². The van der Waals surface area contributed by atoms with Gasteiger partial charge in [-0.2, -0.15) is 5.26 Å². The van der Waals surface area contributed by atoms with Crippen molar-refractivity contribution in [2.45, 2.75) is 24.7 Å². The molecule has 1 saturated carbocycles. The van der Waals surface area contributed by atoms with Crippen LogP contribution in [-0.4, -0.2) is 28.6 Å². The minimum Gasteiger partial charge on any atom is -0.493 e. The number of anilines is 1. The van der Waals surface area contributed by atoms with Gasteiger partial charge in [0.05, 0.1) is 23.9 Å². The zero-order valence-electron chi connectivity index (χ0n) is 18.9. The number of ether oxygens (including phenoxy) is 1. The van der Waals surface area contributed by atoms with E-state index in [2.05, 4.69) is 22.4 Å². The van der Waals surface area contributed by atoms with Gasteiger partial charge >= 0.3 is 5.97 Å². The molecule has 0 radical (unpaired) electrons. The molecule has 1 amide bonds. The summed E-state index contributed by atoms with van der Waals surface area (Å²) in [5, 5.41) is 21.2. The lowest BCUT2D eigenvalue weighted by atomic mass is 9.86. The van der Waals surface area contributed by atoms with Crippen molar-refractivity contribution in [3.63, 3.8) is 0 Å². The van der Waals surface area contributed by atoms with Crippen molar-refractivity contribution in [3.8, 4) is 23.1 Å². The second kappa shape index (κ2) is 9.07. The number of carboxylic acid groups (broad SMARTS) is 1. The van der Waals surface area contributed by atoms with Crippen LogP contribution in [0.2, 0.25) is 0 Å². The molecular formula is C28H23N3O4. The molecule has 7 heteroatoms. The van der Waals surface area contributed by atoms with Crippen LogP contribution in [0.3, 0.4) is 0 Å². The molecule has 1 aromatic heterocycles. The average molecular weight is 466 g/mol. The van der Waals surface area contributed by atoms with Crippen LogP contribution in [0, 0.1) is 17.2 Å². The first-order valence-corrected chi connectivity index (χ1v) is 11.4. The summed E-state index contributed by atoms with van der Waals surface area (Å²) < 4.78 is 5.91. The van der Waals surface area contributed by atoms with Crippen molar-refractivity contribution >= 4 is 17.6 Å². The molecule has 174 valence electrons. The first kappa shape index (κ1) is 22.4. The highest BCUT2D eigenvalue weighted by Crippen LogP contribution is 2.61. The lowest BCUT2D eigenvalue weighted by Gasteiger charge is -2.27. The van der Waals surface area contributed by atoms with Crippen molar-refractivity contribution in [2.24, 2.45) is 5.92 Å². The maximum Gasteiger partial charge on any atom is 0.327 e.